The molecule has 1 aromatic rings. The molecule has 0 aliphatic rings. The summed E-state index contributed by atoms with van der Waals surface area (Å²) in [7, 11) is 3.59. The maximum Gasteiger partial charge on any atom is 0.121 e. The number of rotatable bonds is 5. The molecule has 0 atom stereocenters. The zero-order valence-corrected chi connectivity index (χ0v) is 18.3. The molecule has 0 radical (unpaired) electrons. The van der Waals surface area contributed by atoms with E-state index < -0.39 is 0 Å². The third kappa shape index (κ3) is 24.7. The fourth-order valence-electron chi connectivity index (χ4n) is 1.50. The molecule has 2 heteroatoms. The van der Waals surface area contributed by atoms with Crippen LogP contribution in [-0.4, -0.2) is 14.2 Å². The van der Waals surface area contributed by atoms with Crippen molar-refractivity contribution in [1.82, 2.24) is 5.32 Å². The van der Waals surface area contributed by atoms with E-state index in [2.05, 4.69) is 64.2 Å². The first-order valence-corrected chi connectivity index (χ1v) is 9.53. The Morgan fingerprint density at radius 1 is 0.960 bits per heavy atom. The highest BCUT2D eigenvalue weighted by Gasteiger charge is 1.94. The van der Waals surface area contributed by atoms with Gasteiger partial charge >= 0.3 is 0 Å². The summed E-state index contributed by atoms with van der Waals surface area (Å²) >= 11 is 0. The molecule has 0 saturated heterocycles. The fraction of sp³-hybridized carbons (Fsp3) is 0.565. The minimum absolute atomic E-state index is 0.964. The van der Waals surface area contributed by atoms with Gasteiger partial charge in [0.1, 0.15) is 5.75 Å². The molecular formula is C23H43NO. The van der Waals surface area contributed by atoms with Gasteiger partial charge in [-0.15, -0.1) is 0 Å². The maximum atomic E-state index is 5.10. The van der Waals surface area contributed by atoms with E-state index in [0.29, 0.717) is 0 Å². The van der Waals surface area contributed by atoms with Crippen molar-refractivity contribution in [1.29, 1.82) is 0 Å². The number of unbranched alkanes of at least 4 members (excludes halogenated alkanes) is 1. The molecule has 1 N–H and O–H groups in total. The Bertz CT molecular complexity index is 414. The predicted octanol–water partition coefficient (Wildman–Crippen LogP) is 7.22. The van der Waals surface area contributed by atoms with Gasteiger partial charge in [-0.3, -0.25) is 0 Å². The lowest BCUT2D eigenvalue weighted by atomic mass is 10.1. The number of allylic oxidation sites excluding steroid dienone is 3. The van der Waals surface area contributed by atoms with Crippen molar-refractivity contribution < 1.29 is 4.74 Å². The Labute approximate surface area is 158 Å². The monoisotopic (exact) mass is 349 g/mol. The first-order valence-electron chi connectivity index (χ1n) is 9.53. The molecule has 0 aromatic heterocycles. The van der Waals surface area contributed by atoms with Crippen molar-refractivity contribution in [2.45, 2.75) is 74.1 Å². The molecule has 0 bridgehead atoms. The van der Waals surface area contributed by atoms with Gasteiger partial charge in [-0.1, -0.05) is 76.5 Å². The zero-order valence-electron chi connectivity index (χ0n) is 18.3. The van der Waals surface area contributed by atoms with Gasteiger partial charge < -0.3 is 10.1 Å². The lowest BCUT2D eigenvalue weighted by Gasteiger charge is -2.03. The second-order valence-corrected chi connectivity index (χ2v) is 5.55. The summed E-state index contributed by atoms with van der Waals surface area (Å²) in [6.45, 7) is 14.7. The summed E-state index contributed by atoms with van der Waals surface area (Å²) in [5, 5.41) is 2.89. The predicted molar refractivity (Wildman–Crippen MR) is 117 cm³/mol. The van der Waals surface area contributed by atoms with E-state index in [1.807, 2.05) is 39.2 Å². The van der Waals surface area contributed by atoms with Gasteiger partial charge in [0.05, 0.1) is 7.11 Å². The van der Waals surface area contributed by atoms with Crippen molar-refractivity contribution in [2.24, 2.45) is 0 Å². The van der Waals surface area contributed by atoms with E-state index >= 15 is 0 Å². The smallest absolute Gasteiger partial charge is 0.121 e. The molecule has 1 rings (SSSR count). The van der Waals surface area contributed by atoms with Gasteiger partial charge in [0, 0.05) is 7.05 Å². The van der Waals surface area contributed by atoms with Crippen molar-refractivity contribution in [3.8, 4) is 5.75 Å². The van der Waals surface area contributed by atoms with Crippen LogP contribution in [0.2, 0.25) is 0 Å². The van der Waals surface area contributed by atoms with Crippen molar-refractivity contribution in [3.63, 3.8) is 0 Å². The first kappa shape index (κ1) is 28.1. The number of aryl methyl sites for hydroxylation is 2. The quantitative estimate of drug-likeness (QED) is 0.566. The van der Waals surface area contributed by atoms with Gasteiger partial charge in [0.15, 0.2) is 0 Å². The lowest BCUT2D eigenvalue weighted by molar-refractivity contribution is 0.411. The van der Waals surface area contributed by atoms with Gasteiger partial charge in [-0.25, -0.2) is 0 Å². The second-order valence-electron chi connectivity index (χ2n) is 5.55. The molecule has 146 valence electrons. The summed E-state index contributed by atoms with van der Waals surface area (Å²) in [4.78, 5) is 0. The standard InChI is InChI=1S/C9H12O.C5H11N.C5H10.C4H10/c1-7-4-5-9(10-3)8(2)6-7;1-3-4-5-6-2;1-3-5-4-2;1-3-4-2/h4-6H,1-3H3;4-6H,3H2,1-2H3;3,5H,4H2,1-2H3;3-4H2,1-2H3. The average Bonchev–Trinajstić information content (AvgIpc) is 2.62. The number of hydrogen-bond acceptors (Lipinski definition) is 2. The largest absolute Gasteiger partial charge is 0.496 e. The van der Waals surface area contributed by atoms with E-state index in [0.717, 1.165) is 18.6 Å². The van der Waals surface area contributed by atoms with Crippen molar-refractivity contribution in [2.75, 3.05) is 14.2 Å². The topological polar surface area (TPSA) is 21.3 Å². The Hall–Kier alpha value is -1.70. The number of benzene rings is 1. The third-order valence-corrected chi connectivity index (χ3v) is 3.04. The summed E-state index contributed by atoms with van der Waals surface area (Å²) in [6, 6.07) is 6.15. The summed E-state index contributed by atoms with van der Waals surface area (Å²) < 4.78 is 5.10. The van der Waals surface area contributed by atoms with Crippen molar-refractivity contribution in [3.05, 3.63) is 53.8 Å². The molecule has 0 saturated carbocycles. The lowest BCUT2D eigenvalue weighted by Crippen LogP contribution is -1.89. The van der Waals surface area contributed by atoms with Gasteiger partial charge in [-0.05, 0) is 51.4 Å². The molecule has 0 unspecified atom stereocenters. The highest BCUT2D eigenvalue weighted by molar-refractivity contribution is 5.35. The molecule has 0 aliphatic heterocycles. The highest BCUT2D eigenvalue weighted by atomic mass is 16.5. The van der Waals surface area contributed by atoms with Crippen LogP contribution in [-0.2, 0) is 0 Å². The van der Waals surface area contributed by atoms with Crippen molar-refractivity contribution >= 4 is 0 Å². The van der Waals surface area contributed by atoms with Gasteiger partial charge in [0.25, 0.3) is 0 Å². The molecule has 0 fully saturated rings. The van der Waals surface area contributed by atoms with Crippen LogP contribution in [0, 0.1) is 13.8 Å². The number of hydrogen-bond donors (Lipinski definition) is 1. The van der Waals surface area contributed by atoms with Gasteiger partial charge in [0.2, 0.25) is 0 Å². The fourth-order valence-corrected chi connectivity index (χ4v) is 1.50. The first-order chi connectivity index (χ1) is 12.0. The van der Waals surface area contributed by atoms with Crippen LogP contribution >= 0.6 is 0 Å². The van der Waals surface area contributed by atoms with E-state index in [9.17, 15) is 0 Å². The molecule has 0 spiro atoms. The number of methoxy groups -OCH3 is 1. The van der Waals surface area contributed by atoms with Gasteiger partial charge in [-0.2, -0.15) is 0 Å². The minimum Gasteiger partial charge on any atom is -0.496 e. The summed E-state index contributed by atoms with van der Waals surface area (Å²) in [5.41, 5.74) is 2.47. The van der Waals surface area contributed by atoms with Crippen LogP contribution in [0.4, 0.5) is 0 Å². The van der Waals surface area contributed by atoms with E-state index in [4.69, 9.17) is 4.74 Å². The van der Waals surface area contributed by atoms with Crippen LogP contribution in [0.3, 0.4) is 0 Å². The van der Waals surface area contributed by atoms with Crippen LogP contribution in [0.15, 0.2) is 42.6 Å². The number of ether oxygens (including phenoxy) is 1. The molecule has 0 aliphatic carbocycles. The Morgan fingerprint density at radius 3 is 1.76 bits per heavy atom. The van der Waals surface area contributed by atoms with E-state index in [1.165, 1.54) is 24.0 Å². The SMILES string of the molecule is CC=CCC.CCC=CNC.CCCC.COc1ccc(C)cc1C. The average molecular weight is 350 g/mol. The zero-order chi connectivity index (χ0) is 19.9. The highest BCUT2D eigenvalue weighted by Crippen LogP contribution is 2.17. The molecule has 25 heavy (non-hydrogen) atoms. The van der Waals surface area contributed by atoms with E-state index in [1.54, 1.807) is 7.11 Å². The third-order valence-electron chi connectivity index (χ3n) is 3.04. The molecule has 0 amide bonds. The maximum absolute atomic E-state index is 5.10. The molecular weight excluding hydrogens is 306 g/mol. The minimum atomic E-state index is 0.964. The van der Waals surface area contributed by atoms with E-state index in [-0.39, 0.29) is 0 Å². The normalized spacial score (nSPS) is 9.32. The summed E-state index contributed by atoms with van der Waals surface area (Å²) in [5.74, 6) is 0.964. The second kappa shape index (κ2) is 24.6. The van der Waals surface area contributed by atoms with Crippen LogP contribution in [0.1, 0.15) is 71.4 Å². The molecule has 2 nitrogen and oxygen atoms in total. The molecule has 1 aromatic carbocycles. The Balaban J connectivity index is -0.000000280. The van der Waals surface area contributed by atoms with Crippen LogP contribution in [0.5, 0.6) is 5.75 Å². The van der Waals surface area contributed by atoms with Crippen LogP contribution < -0.4 is 10.1 Å². The summed E-state index contributed by atoms with van der Waals surface area (Å²) in [6.07, 6.45) is 13.1. The molecule has 0 heterocycles. The number of nitrogens with one attached hydrogen (secondary N) is 1. The Morgan fingerprint density at radius 2 is 1.52 bits per heavy atom. The van der Waals surface area contributed by atoms with Crippen LogP contribution in [0.25, 0.3) is 0 Å². The Kier molecular flexibility index (Phi) is 27.6.